The predicted molar refractivity (Wildman–Crippen MR) is 178 cm³/mol. The second kappa shape index (κ2) is 13.5. The first-order valence-electron chi connectivity index (χ1n) is 15.7. The van der Waals surface area contributed by atoms with Gasteiger partial charge in [0.25, 0.3) is 8.32 Å². The van der Waals surface area contributed by atoms with Crippen molar-refractivity contribution in [3.63, 3.8) is 0 Å². The van der Waals surface area contributed by atoms with E-state index in [4.69, 9.17) is 28.1 Å². The maximum absolute atomic E-state index is 12.8. The van der Waals surface area contributed by atoms with Gasteiger partial charge in [-0.05, 0) is 34.8 Å². The number of carbonyl (C=O) groups excluding carboxylic acids is 1. The Bertz CT molecular complexity index is 1430. The molecule has 1 N–H and O–H groups in total. The SMILES string of the molecule is C=C(C[C@@](O)(CO[Si](c1ccccc1)(c1ccccc1)C(C)(C)C)[C@H]1O[C@@H]2OC(C)(C)O[C@@H]2[C@H]1OCc1ccccc1)C(=O)OC. The third kappa shape index (κ3) is 6.91. The Morgan fingerprint density at radius 2 is 1.46 bits per heavy atom. The number of methoxy groups -OCH3 is 1. The van der Waals surface area contributed by atoms with E-state index in [-0.39, 0.29) is 30.2 Å². The van der Waals surface area contributed by atoms with E-state index in [1.807, 2.05) is 80.6 Å². The molecule has 0 unspecified atom stereocenters. The van der Waals surface area contributed by atoms with Crippen molar-refractivity contribution in [3.8, 4) is 0 Å². The molecule has 5 rings (SSSR count). The molecule has 0 aromatic heterocycles. The second-order valence-corrected chi connectivity index (χ2v) is 17.9. The minimum Gasteiger partial charge on any atom is -0.466 e. The van der Waals surface area contributed by atoms with E-state index in [0.717, 1.165) is 15.9 Å². The molecule has 246 valence electrons. The van der Waals surface area contributed by atoms with Crippen molar-refractivity contribution in [1.29, 1.82) is 0 Å². The lowest BCUT2D eigenvalue weighted by atomic mass is 9.86. The van der Waals surface area contributed by atoms with Gasteiger partial charge in [0.05, 0.1) is 20.3 Å². The normalized spacial score (nSPS) is 23.8. The van der Waals surface area contributed by atoms with E-state index in [0.29, 0.717) is 0 Å². The van der Waals surface area contributed by atoms with Crippen LogP contribution in [0.1, 0.15) is 46.6 Å². The van der Waals surface area contributed by atoms with Gasteiger partial charge in [0.2, 0.25) is 0 Å². The van der Waals surface area contributed by atoms with Crippen molar-refractivity contribution in [2.75, 3.05) is 13.7 Å². The molecule has 8 nitrogen and oxygen atoms in total. The number of fused-ring (bicyclic) bond motifs is 1. The van der Waals surface area contributed by atoms with Crippen LogP contribution < -0.4 is 10.4 Å². The summed E-state index contributed by atoms with van der Waals surface area (Å²) in [4.78, 5) is 12.7. The van der Waals surface area contributed by atoms with E-state index in [1.54, 1.807) is 0 Å². The highest BCUT2D eigenvalue weighted by atomic mass is 28.4. The Balaban J connectivity index is 1.57. The van der Waals surface area contributed by atoms with Gasteiger partial charge in [0.15, 0.2) is 12.1 Å². The molecule has 0 saturated carbocycles. The van der Waals surface area contributed by atoms with E-state index in [9.17, 15) is 9.90 Å². The van der Waals surface area contributed by atoms with Crippen molar-refractivity contribution >= 4 is 24.7 Å². The molecule has 2 saturated heterocycles. The van der Waals surface area contributed by atoms with Gasteiger partial charge in [-0.25, -0.2) is 4.79 Å². The summed E-state index contributed by atoms with van der Waals surface area (Å²) in [7, 11) is -1.82. The van der Waals surface area contributed by atoms with Gasteiger partial charge in [-0.15, -0.1) is 0 Å². The summed E-state index contributed by atoms with van der Waals surface area (Å²) >= 11 is 0. The lowest BCUT2D eigenvalue weighted by molar-refractivity contribution is -0.248. The summed E-state index contributed by atoms with van der Waals surface area (Å²) in [5.74, 6) is -1.54. The van der Waals surface area contributed by atoms with Gasteiger partial charge in [0.1, 0.15) is 23.9 Å². The van der Waals surface area contributed by atoms with Crippen LogP contribution in [-0.4, -0.2) is 69.1 Å². The number of rotatable bonds is 12. The number of benzene rings is 3. The number of esters is 1. The molecule has 5 atom stereocenters. The van der Waals surface area contributed by atoms with Crippen LogP contribution in [0, 0.1) is 0 Å². The number of hydrogen-bond acceptors (Lipinski definition) is 8. The first kappa shape index (κ1) is 34.2. The van der Waals surface area contributed by atoms with Crippen LogP contribution in [-0.2, 0) is 39.5 Å². The summed E-state index contributed by atoms with van der Waals surface area (Å²) in [6.07, 6.45) is -3.37. The summed E-state index contributed by atoms with van der Waals surface area (Å²) < 4.78 is 37.6. The predicted octanol–water partition coefficient (Wildman–Crippen LogP) is 4.88. The van der Waals surface area contributed by atoms with Crippen LogP contribution in [0.15, 0.2) is 103 Å². The minimum atomic E-state index is -3.11. The van der Waals surface area contributed by atoms with Crippen molar-refractivity contribution in [1.82, 2.24) is 0 Å². The van der Waals surface area contributed by atoms with E-state index in [1.165, 1.54) is 7.11 Å². The fourth-order valence-corrected chi connectivity index (χ4v) is 11.3. The van der Waals surface area contributed by atoms with E-state index in [2.05, 4.69) is 51.6 Å². The Morgan fingerprint density at radius 1 is 0.913 bits per heavy atom. The van der Waals surface area contributed by atoms with Crippen molar-refractivity contribution in [3.05, 3.63) is 109 Å². The largest absolute Gasteiger partial charge is 0.466 e. The monoisotopic (exact) mass is 646 g/mol. The fraction of sp³-hybridized carbons (Fsp3) is 0.432. The van der Waals surface area contributed by atoms with Crippen molar-refractivity contribution in [2.24, 2.45) is 0 Å². The maximum Gasteiger partial charge on any atom is 0.333 e. The van der Waals surface area contributed by atoms with Gasteiger partial charge in [-0.3, -0.25) is 0 Å². The van der Waals surface area contributed by atoms with E-state index < -0.39 is 50.3 Å². The van der Waals surface area contributed by atoms with Gasteiger partial charge in [-0.1, -0.05) is 118 Å². The molecule has 0 amide bonds. The quantitative estimate of drug-likeness (QED) is 0.169. The molecule has 9 heteroatoms. The molecule has 46 heavy (non-hydrogen) atoms. The zero-order chi connectivity index (χ0) is 33.2. The highest BCUT2D eigenvalue weighted by Gasteiger charge is 2.62. The third-order valence-electron chi connectivity index (χ3n) is 8.75. The number of aliphatic hydroxyl groups is 1. The summed E-state index contributed by atoms with van der Waals surface area (Å²) in [5.41, 5.74) is -0.754. The fourth-order valence-electron chi connectivity index (χ4n) is 6.68. The molecule has 0 spiro atoms. The lowest BCUT2D eigenvalue weighted by Crippen LogP contribution is -2.68. The molecule has 0 aliphatic carbocycles. The highest BCUT2D eigenvalue weighted by molar-refractivity contribution is 6.99. The van der Waals surface area contributed by atoms with Crippen LogP contribution >= 0.6 is 0 Å². The summed E-state index contributed by atoms with van der Waals surface area (Å²) in [6, 6.07) is 30.1. The van der Waals surface area contributed by atoms with Crippen LogP contribution in [0.3, 0.4) is 0 Å². The smallest absolute Gasteiger partial charge is 0.333 e. The Morgan fingerprint density at radius 3 is 1.98 bits per heavy atom. The lowest BCUT2D eigenvalue weighted by Gasteiger charge is -2.46. The average Bonchev–Trinajstić information content (AvgIpc) is 3.52. The molecule has 2 heterocycles. The Hall–Kier alpha value is -3.15. The molecular weight excluding hydrogens is 600 g/mol. The molecule has 2 fully saturated rings. The molecule has 0 radical (unpaired) electrons. The standard InChI is InChI=1S/C37H46O8Si/c1-26(33(38)40-7)23-37(39,25-42-46(35(2,3)4,28-19-13-9-14-20-28)29-21-15-10-16-22-29)32-30(41-24-27-17-11-8-12-18-27)31-34(43-32)45-36(5,6)44-31/h8-22,30-32,34,39H,1,23-25H2,2-7H3/t30-,31-,32+,34-,37-/m1/s1. The molecule has 0 bridgehead atoms. The van der Waals surface area contributed by atoms with Crippen LogP contribution in [0.2, 0.25) is 5.04 Å². The van der Waals surface area contributed by atoms with Gasteiger partial charge in [0, 0.05) is 12.0 Å². The van der Waals surface area contributed by atoms with Crippen molar-refractivity contribution in [2.45, 2.75) is 88.7 Å². The number of hydrogen-bond donors (Lipinski definition) is 1. The zero-order valence-corrected chi connectivity index (χ0v) is 28.6. The second-order valence-electron chi connectivity index (χ2n) is 13.6. The third-order valence-corrected chi connectivity index (χ3v) is 13.7. The number of ether oxygens (including phenoxy) is 5. The Kier molecular flexibility index (Phi) is 10.1. The molecule has 2 aliphatic heterocycles. The van der Waals surface area contributed by atoms with Crippen molar-refractivity contribution < 1.29 is 38.0 Å². The first-order chi connectivity index (χ1) is 21.8. The molecular formula is C37H46O8Si. The molecule has 3 aromatic carbocycles. The Labute approximate surface area is 273 Å². The first-order valence-corrected chi connectivity index (χ1v) is 17.6. The van der Waals surface area contributed by atoms with Gasteiger partial charge in [-0.2, -0.15) is 0 Å². The maximum atomic E-state index is 12.8. The van der Waals surface area contributed by atoms with Gasteiger partial charge >= 0.3 is 5.97 Å². The average molecular weight is 647 g/mol. The topological polar surface area (TPSA) is 92.7 Å². The minimum absolute atomic E-state index is 0.0840. The van der Waals surface area contributed by atoms with Gasteiger partial charge < -0.3 is 33.2 Å². The summed E-state index contributed by atoms with van der Waals surface area (Å²) in [5, 5.41) is 14.6. The van der Waals surface area contributed by atoms with Crippen LogP contribution in [0.25, 0.3) is 0 Å². The molecule has 2 aliphatic rings. The zero-order valence-electron chi connectivity index (χ0n) is 27.6. The van der Waals surface area contributed by atoms with Crippen LogP contribution in [0.4, 0.5) is 0 Å². The number of carbonyl (C=O) groups is 1. The molecule has 3 aromatic rings. The van der Waals surface area contributed by atoms with Crippen LogP contribution in [0.5, 0.6) is 0 Å². The van der Waals surface area contributed by atoms with E-state index >= 15 is 0 Å². The highest BCUT2D eigenvalue weighted by Crippen LogP contribution is 2.45. The summed E-state index contributed by atoms with van der Waals surface area (Å²) in [6.45, 7) is 14.2.